The molecule has 3 heteroatoms. The lowest BCUT2D eigenvalue weighted by atomic mass is 9.83. The zero-order valence-electron chi connectivity index (χ0n) is 13.4. The van der Waals surface area contributed by atoms with Crippen LogP contribution in [0.25, 0.3) is 0 Å². The van der Waals surface area contributed by atoms with Gasteiger partial charge in [0.15, 0.2) is 0 Å². The third kappa shape index (κ3) is 2.77. The Bertz CT molecular complexity index is 443. The summed E-state index contributed by atoms with van der Waals surface area (Å²) in [6, 6.07) is 4.14. The molecule has 1 rings (SSSR count). The second-order valence-electron chi connectivity index (χ2n) is 5.71. The van der Waals surface area contributed by atoms with Crippen molar-refractivity contribution in [3.8, 4) is 5.75 Å². The molecule has 0 fully saturated rings. The highest BCUT2D eigenvalue weighted by Crippen LogP contribution is 2.37. The molecule has 2 unspecified atom stereocenters. The number of hydrogen-bond acceptors (Lipinski definition) is 3. The van der Waals surface area contributed by atoms with Crippen molar-refractivity contribution < 1.29 is 4.74 Å². The largest absolute Gasteiger partial charge is 0.496 e. The van der Waals surface area contributed by atoms with Gasteiger partial charge in [-0.15, -0.1) is 0 Å². The van der Waals surface area contributed by atoms with E-state index < -0.39 is 0 Å². The van der Waals surface area contributed by atoms with E-state index in [0.29, 0.717) is 0 Å². The minimum atomic E-state index is -0.0883. The second kappa shape index (κ2) is 5.93. The molecule has 0 spiro atoms. The minimum absolute atomic E-state index is 0.0817. The van der Waals surface area contributed by atoms with Gasteiger partial charge in [-0.05, 0) is 52.4 Å². The van der Waals surface area contributed by atoms with Crippen LogP contribution < -0.4 is 10.5 Å². The smallest absolute Gasteiger partial charge is 0.126 e. The van der Waals surface area contributed by atoms with Gasteiger partial charge in [-0.3, -0.25) is 0 Å². The molecule has 2 N–H and O–H groups in total. The van der Waals surface area contributed by atoms with Crippen LogP contribution in [0.5, 0.6) is 5.75 Å². The third-order valence-electron chi connectivity index (χ3n) is 4.65. The van der Waals surface area contributed by atoms with Crippen molar-refractivity contribution in [2.45, 2.75) is 45.7 Å². The van der Waals surface area contributed by atoms with E-state index in [-0.39, 0.29) is 11.6 Å². The van der Waals surface area contributed by atoms with E-state index in [1.807, 2.05) is 0 Å². The highest BCUT2D eigenvalue weighted by atomic mass is 16.5. The van der Waals surface area contributed by atoms with Crippen molar-refractivity contribution in [2.75, 3.05) is 21.2 Å². The lowest BCUT2D eigenvalue weighted by Crippen LogP contribution is -2.49. The maximum absolute atomic E-state index is 6.56. The highest BCUT2D eigenvalue weighted by Gasteiger charge is 2.35. The fourth-order valence-electron chi connectivity index (χ4n) is 2.48. The molecule has 1 aromatic carbocycles. The molecular formula is C16H28N2O. The quantitative estimate of drug-likeness (QED) is 0.888. The molecule has 0 saturated carbocycles. The van der Waals surface area contributed by atoms with Gasteiger partial charge in [-0.25, -0.2) is 0 Å². The number of methoxy groups -OCH3 is 1. The van der Waals surface area contributed by atoms with Crippen LogP contribution in [0.15, 0.2) is 12.1 Å². The van der Waals surface area contributed by atoms with Crippen molar-refractivity contribution in [3.63, 3.8) is 0 Å². The minimum Gasteiger partial charge on any atom is -0.496 e. The van der Waals surface area contributed by atoms with Crippen LogP contribution >= 0.6 is 0 Å². The molecule has 0 aromatic heterocycles. The Morgan fingerprint density at radius 2 is 1.89 bits per heavy atom. The molecular weight excluding hydrogens is 236 g/mol. The molecule has 3 nitrogen and oxygen atoms in total. The van der Waals surface area contributed by atoms with Crippen LogP contribution in [0, 0.1) is 13.8 Å². The number of nitrogens with zero attached hydrogens (tertiary/aromatic N) is 1. The van der Waals surface area contributed by atoms with E-state index in [2.05, 4.69) is 58.8 Å². The van der Waals surface area contributed by atoms with Crippen LogP contribution in [-0.4, -0.2) is 31.6 Å². The van der Waals surface area contributed by atoms with Crippen molar-refractivity contribution >= 4 is 0 Å². The Morgan fingerprint density at radius 3 is 2.32 bits per heavy atom. The molecule has 0 aliphatic heterocycles. The fraction of sp³-hybridized carbons (Fsp3) is 0.625. The Balaban J connectivity index is 3.34. The van der Waals surface area contributed by atoms with E-state index >= 15 is 0 Å². The Kier molecular flexibility index (Phi) is 4.99. The zero-order chi connectivity index (χ0) is 14.8. The zero-order valence-corrected chi connectivity index (χ0v) is 13.4. The third-order valence-corrected chi connectivity index (χ3v) is 4.65. The van der Waals surface area contributed by atoms with E-state index in [9.17, 15) is 0 Å². The summed E-state index contributed by atoms with van der Waals surface area (Å²) in [5.74, 6) is 0.925. The number of hydrogen-bond donors (Lipinski definition) is 1. The summed E-state index contributed by atoms with van der Waals surface area (Å²) in [6.07, 6.45) is 0.983. The Morgan fingerprint density at radius 1 is 1.32 bits per heavy atom. The summed E-state index contributed by atoms with van der Waals surface area (Å²) in [7, 11) is 5.88. The molecule has 0 bridgehead atoms. The molecule has 0 amide bonds. The summed E-state index contributed by atoms with van der Waals surface area (Å²) in [4.78, 5) is 2.20. The summed E-state index contributed by atoms with van der Waals surface area (Å²) in [5.41, 5.74) is 9.96. The predicted octanol–water partition coefficient (Wildman–Crippen LogP) is 3.04. The van der Waals surface area contributed by atoms with Crippen LogP contribution in [-0.2, 0) is 0 Å². The van der Waals surface area contributed by atoms with E-state index in [1.54, 1.807) is 7.11 Å². The molecule has 0 aliphatic carbocycles. The van der Waals surface area contributed by atoms with Gasteiger partial charge in [0.2, 0.25) is 0 Å². The van der Waals surface area contributed by atoms with Gasteiger partial charge in [0.1, 0.15) is 5.75 Å². The maximum atomic E-state index is 6.56. The fourth-order valence-corrected chi connectivity index (χ4v) is 2.48. The summed E-state index contributed by atoms with van der Waals surface area (Å²) < 4.78 is 5.60. The summed E-state index contributed by atoms with van der Waals surface area (Å²) in [6.45, 7) is 8.56. The molecule has 0 heterocycles. The number of rotatable bonds is 5. The van der Waals surface area contributed by atoms with Gasteiger partial charge >= 0.3 is 0 Å². The molecule has 0 saturated heterocycles. The van der Waals surface area contributed by atoms with Gasteiger partial charge in [0.25, 0.3) is 0 Å². The molecule has 19 heavy (non-hydrogen) atoms. The first-order valence-corrected chi connectivity index (χ1v) is 6.86. The van der Waals surface area contributed by atoms with Crippen molar-refractivity contribution in [1.82, 2.24) is 4.90 Å². The number of benzene rings is 1. The van der Waals surface area contributed by atoms with Crippen LogP contribution in [0.3, 0.4) is 0 Å². The second-order valence-corrected chi connectivity index (χ2v) is 5.71. The number of ether oxygens (including phenoxy) is 1. The first-order valence-electron chi connectivity index (χ1n) is 6.86. The highest BCUT2D eigenvalue weighted by molar-refractivity contribution is 5.47. The first-order chi connectivity index (χ1) is 8.79. The average molecular weight is 264 g/mol. The van der Waals surface area contributed by atoms with E-state index in [4.69, 9.17) is 10.5 Å². The number of nitrogens with two attached hydrogens (primary N) is 1. The first kappa shape index (κ1) is 16.0. The number of aryl methyl sites for hydroxylation is 1. The topological polar surface area (TPSA) is 38.5 Å². The van der Waals surface area contributed by atoms with Gasteiger partial charge < -0.3 is 15.4 Å². The Labute approximate surface area is 117 Å². The predicted molar refractivity (Wildman–Crippen MR) is 81.8 cm³/mol. The molecule has 2 atom stereocenters. The van der Waals surface area contributed by atoms with Crippen LogP contribution in [0.1, 0.15) is 43.0 Å². The normalized spacial score (nSPS) is 16.3. The van der Waals surface area contributed by atoms with E-state index in [0.717, 1.165) is 17.7 Å². The van der Waals surface area contributed by atoms with Crippen LogP contribution in [0.2, 0.25) is 0 Å². The monoisotopic (exact) mass is 264 g/mol. The van der Waals surface area contributed by atoms with Crippen molar-refractivity contribution in [2.24, 2.45) is 5.73 Å². The Hall–Kier alpha value is -1.06. The SMILES string of the molecule is CCC(C)(C(N)c1ccc(C)c(C)c1OC)N(C)C. The van der Waals surface area contributed by atoms with E-state index in [1.165, 1.54) is 11.1 Å². The molecule has 108 valence electrons. The standard InChI is InChI=1S/C16H28N2O/c1-8-16(4,18(5)6)15(17)13-10-9-11(2)12(3)14(13)19-7/h9-10,15H,8,17H2,1-7H3. The maximum Gasteiger partial charge on any atom is 0.126 e. The average Bonchev–Trinajstić information content (AvgIpc) is 2.39. The summed E-state index contributed by atoms with van der Waals surface area (Å²) in [5, 5.41) is 0. The molecule has 0 radical (unpaired) electrons. The summed E-state index contributed by atoms with van der Waals surface area (Å²) >= 11 is 0. The van der Waals surface area contributed by atoms with Gasteiger partial charge in [0, 0.05) is 11.1 Å². The van der Waals surface area contributed by atoms with Gasteiger partial charge in [-0.2, -0.15) is 0 Å². The number of likely N-dealkylation sites (N-methyl/N-ethyl adjacent to an activating group) is 1. The van der Waals surface area contributed by atoms with Crippen LogP contribution in [0.4, 0.5) is 0 Å². The lowest BCUT2D eigenvalue weighted by molar-refractivity contribution is 0.130. The molecule has 0 aliphatic rings. The lowest BCUT2D eigenvalue weighted by Gasteiger charge is -2.41. The van der Waals surface area contributed by atoms with Crippen molar-refractivity contribution in [1.29, 1.82) is 0 Å². The van der Waals surface area contributed by atoms with Crippen molar-refractivity contribution in [3.05, 3.63) is 28.8 Å². The molecule has 1 aromatic rings. The van der Waals surface area contributed by atoms with Gasteiger partial charge in [0.05, 0.1) is 13.2 Å². The van der Waals surface area contributed by atoms with Gasteiger partial charge in [-0.1, -0.05) is 19.1 Å².